The van der Waals surface area contributed by atoms with Crippen molar-refractivity contribution < 1.29 is 0 Å². The minimum Gasteiger partial charge on any atom is -0.356 e. The maximum atomic E-state index is 10.0. The first-order chi connectivity index (χ1) is 15.3. The normalized spacial score (nSPS) is 24.2. The van der Waals surface area contributed by atoms with Gasteiger partial charge in [-0.2, -0.15) is 5.26 Å². The lowest BCUT2D eigenvalue weighted by Gasteiger charge is -2.49. The van der Waals surface area contributed by atoms with E-state index in [4.69, 9.17) is 4.98 Å². The third-order valence-electron chi connectivity index (χ3n) is 8.22. The minimum absolute atomic E-state index is 0.717. The first-order valence-corrected chi connectivity index (χ1v) is 13.0. The molecule has 2 aliphatic heterocycles. The van der Waals surface area contributed by atoms with Crippen LogP contribution in [0.3, 0.4) is 0 Å². The van der Waals surface area contributed by atoms with Crippen LogP contribution in [-0.2, 0) is 13.0 Å². The van der Waals surface area contributed by atoms with E-state index in [9.17, 15) is 5.26 Å². The fraction of sp³-hybridized carbons (Fsp3) is 0.769. The molecule has 0 aromatic carbocycles. The molecule has 0 bridgehead atoms. The highest BCUT2D eigenvalue weighted by Gasteiger charge is 2.35. The zero-order valence-electron chi connectivity index (χ0n) is 19.2. The number of hydrazine groups is 1. The van der Waals surface area contributed by atoms with Crippen LogP contribution in [0.2, 0.25) is 0 Å². The molecule has 0 radical (unpaired) electrons. The van der Waals surface area contributed by atoms with Crippen molar-refractivity contribution in [2.75, 3.05) is 24.5 Å². The molecule has 1 aromatic heterocycles. The summed E-state index contributed by atoms with van der Waals surface area (Å²) >= 11 is 0. The molecular weight excluding hydrogens is 382 g/mol. The summed E-state index contributed by atoms with van der Waals surface area (Å²) in [6, 6.07) is 3.99. The van der Waals surface area contributed by atoms with Crippen LogP contribution in [0, 0.1) is 11.3 Å². The molecule has 0 N–H and O–H groups in total. The van der Waals surface area contributed by atoms with Gasteiger partial charge in [0.05, 0.1) is 5.56 Å². The molecule has 0 atom stereocenters. The SMILES string of the molecule is N#Cc1c(N2CCCCC2)ncc2c1CCN(N(C1CCCCC1)C1CCCCC1)C2. The molecule has 5 nitrogen and oxygen atoms in total. The second-order valence-electron chi connectivity index (χ2n) is 10.2. The Bertz CT molecular complexity index is 764. The number of hydrogen-bond donors (Lipinski definition) is 0. The van der Waals surface area contributed by atoms with Crippen LogP contribution in [0.5, 0.6) is 0 Å². The smallest absolute Gasteiger partial charge is 0.146 e. The number of anilines is 1. The van der Waals surface area contributed by atoms with Crippen molar-refractivity contribution in [3.05, 3.63) is 22.9 Å². The fourth-order valence-corrected chi connectivity index (χ4v) is 6.63. The highest BCUT2D eigenvalue weighted by Crippen LogP contribution is 2.35. The first kappa shape index (κ1) is 21.2. The lowest BCUT2D eigenvalue weighted by Crippen LogP contribution is -2.56. The minimum atomic E-state index is 0.717. The van der Waals surface area contributed by atoms with Gasteiger partial charge in [-0.25, -0.2) is 15.0 Å². The monoisotopic (exact) mass is 421 g/mol. The molecule has 0 spiro atoms. The van der Waals surface area contributed by atoms with E-state index in [1.807, 2.05) is 0 Å². The Hall–Kier alpha value is -1.64. The highest BCUT2D eigenvalue weighted by molar-refractivity contribution is 5.60. The number of hydrogen-bond acceptors (Lipinski definition) is 5. The Morgan fingerprint density at radius 2 is 1.45 bits per heavy atom. The number of fused-ring (bicyclic) bond motifs is 1. The van der Waals surface area contributed by atoms with Crippen molar-refractivity contribution in [2.45, 2.75) is 109 Å². The quantitative estimate of drug-likeness (QED) is 0.670. The Morgan fingerprint density at radius 3 is 2.06 bits per heavy atom. The number of nitrogens with zero attached hydrogens (tertiary/aromatic N) is 5. The summed E-state index contributed by atoms with van der Waals surface area (Å²) in [5.41, 5.74) is 3.43. The maximum Gasteiger partial charge on any atom is 0.146 e. The summed E-state index contributed by atoms with van der Waals surface area (Å²) in [5.74, 6) is 0.950. The Balaban J connectivity index is 1.39. The molecule has 2 aliphatic carbocycles. The summed E-state index contributed by atoms with van der Waals surface area (Å²) in [5, 5.41) is 15.6. The molecule has 168 valence electrons. The molecule has 5 rings (SSSR count). The van der Waals surface area contributed by atoms with E-state index in [0.717, 1.165) is 56.1 Å². The van der Waals surface area contributed by atoms with Crippen LogP contribution < -0.4 is 4.90 Å². The zero-order chi connectivity index (χ0) is 21.0. The van der Waals surface area contributed by atoms with Gasteiger partial charge in [0.1, 0.15) is 11.9 Å². The van der Waals surface area contributed by atoms with Gasteiger partial charge in [0.15, 0.2) is 0 Å². The van der Waals surface area contributed by atoms with Crippen molar-refractivity contribution in [1.82, 2.24) is 15.0 Å². The largest absolute Gasteiger partial charge is 0.356 e. The van der Waals surface area contributed by atoms with Crippen LogP contribution in [-0.4, -0.2) is 46.7 Å². The van der Waals surface area contributed by atoms with Gasteiger partial charge >= 0.3 is 0 Å². The molecule has 2 saturated carbocycles. The summed E-state index contributed by atoms with van der Waals surface area (Å²) in [6.07, 6.45) is 20.6. The van der Waals surface area contributed by atoms with Crippen LogP contribution in [0.25, 0.3) is 0 Å². The maximum absolute atomic E-state index is 10.0. The molecule has 31 heavy (non-hydrogen) atoms. The summed E-state index contributed by atoms with van der Waals surface area (Å²) in [6.45, 7) is 4.08. The predicted octanol–water partition coefficient (Wildman–Crippen LogP) is 5.18. The average molecular weight is 422 g/mol. The third-order valence-corrected chi connectivity index (χ3v) is 8.22. The lowest BCUT2D eigenvalue weighted by atomic mass is 9.89. The van der Waals surface area contributed by atoms with Crippen LogP contribution >= 0.6 is 0 Å². The van der Waals surface area contributed by atoms with E-state index in [-0.39, 0.29) is 0 Å². The summed E-state index contributed by atoms with van der Waals surface area (Å²) in [4.78, 5) is 7.22. The zero-order valence-corrected chi connectivity index (χ0v) is 19.2. The van der Waals surface area contributed by atoms with Gasteiger partial charge in [-0.15, -0.1) is 0 Å². The van der Waals surface area contributed by atoms with E-state index in [1.165, 1.54) is 94.6 Å². The summed E-state index contributed by atoms with van der Waals surface area (Å²) in [7, 11) is 0. The van der Waals surface area contributed by atoms with E-state index in [0.29, 0.717) is 0 Å². The second kappa shape index (κ2) is 9.88. The second-order valence-corrected chi connectivity index (χ2v) is 10.2. The highest BCUT2D eigenvalue weighted by atomic mass is 15.6. The number of aromatic nitrogens is 1. The van der Waals surface area contributed by atoms with Gasteiger partial charge < -0.3 is 4.90 Å². The number of piperidine rings is 1. The Morgan fingerprint density at radius 1 is 0.839 bits per heavy atom. The number of rotatable bonds is 4. The molecule has 0 amide bonds. The first-order valence-electron chi connectivity index (χ1n) is 13.0. The number of pyridine rings is 1. The molecular formula is C26H39N5. The average Bonchev–Trinajstić information content (AvgIpc) is 2.85. The Labute approximate surface area is 188 Å². The number of nitriles is 1. The molecule has 3 heterocycles. The van der Waals surface area contributed by atoms with Crippen molar-refractivity contribution in [3.8, 4) is 6.07 Å². The van der Waals surface area contributed by atoms with Gasteiger partial charge in [-0.1, -0.05) is 38.5 Å². The van der Waals surface area contributed by atoms with E-state index in [1.54, 1.807) is 0 Å². The Kier molecular flexibility index (Phi) is 6.76. The van der Waals surface area contributed by atoms with Crippen molar-refractivity contribution in [1.29, 1.82) is 5.26 Å². The van der Waals surface area contributed by atoms with Crippen LogP contribution in [0.1, 0.15) is 100 Å². The van der Waals surface area contributed by atoms with Gasteiger partial charge in [0.2, 0.25) is 0 Å². The lowest BCUT2D eigenvalue weighted by molar-refractivity contribution is -0.121. The van der Waals surface area contributed by atoms with E-state index in [2.05, 4.69) is 27.2 Å². The molecule has 3 fully saturated rings. The standard InChI is InChI=1S/C26H39N5/c27-18-25-24-14-17-30(20-21(24)19-28-26(25)29-15-8-3-9-16-29)31(22-10-4-1-5-11-22)23-12-6-2-7-13-23/h19,22-23H,1-17,20H2. The fourth-order valence-electron chi connectivity index (χ4n) is 6.63. The van der Waals surface area contributed by atoms with Gasteiger partial charge in [-0.05, 0) is 62.5 Å². The topological polar surface area (TPSA) is 46.4 Å². The molecule has 5 heteroatoms. The molecule has 1 aromatic rings. The van der Waals surface area contributed by atoms with Gasteiger partial charge in [-0.3, -0.25) is 0 Å². The predicted molar refractivity (Wildman–Crippen MR) is 125 cm³/mol. The third kappa shape index (κ3) is 4.47. The van der Waals surface area contributed by atoms with Gasteiger partial charge in [0, 0.05) is 44.5 Å². The van der Waals surface area contributed by atoms with Crippen LogP contribution in [0.15, 0.2) is 6.20 Å². The molecule has 0 unspecified atom stereocenters. The summed E-state index contributed by atoms with van der Waals surface area (Å²) < 4.78 is 0. The van der Waals surface area contributed by atoms with E-state index >= 15 is 0 Å². The van der Waals surface area contributed by atoms with E-state index < -0.39 is 0 Å². The van der Waals surface area contributed by atoms with Crippen molar-refractivity contribution in [3.63, 3.8) is 0 Å². The van der Waals surface area contributed by atoms with Crippen molar-refractivity contribution >= 4 is 5.82 Å². The van der Waals surface area contributed by atoms with Crippen molar-refractivity contribution in [2.24, 2.45) is 0 Å². The molecule has 4 aliphatic rings. The molecule has 1 saturated heterocycles. The van der Waals surface area contributed by atoms with Crippen LogP contribution in [0.4, 0.5) is 5.82 Å². The van der Waals surface area contributed by atoms with Gasteiger partial charge in [0.25, 0.3) is 0 Å².